The van der Waals surface area contributed by atoms with Crippen LogP contribution in [0.1, 0.15) is 18.1 Å². The molecule has 0 aliphatic carbocycles. The maximum atomic E-state index is 3.46. The van der Waals surface area contributed by atoms with E-state index in [1.165, 1.54) is 33.4 Å². The lowest BCUT2D eigenvalue weighted by Gasteiger charge is -2.26. The van der Waals surface area contributed by atoms with Crippen molar-refractivity contribution in [1.29, 1.82) is 0 Å². The van der Waals surface area contributed by atoms with E-state index in [4.69, 9.17) is 0 Å². The fraction of sp³-hybridized carbons (Fsp3) is 0.0698. The summed E-state index contributed by atoms with van der Waals surface area (Å²) in [7, 11) is 0. The second kappa shape index (κ2) is 16.9. The van der Waals surface area contributed by atoms with Crippen LogP contribution < -0.4 is 4.90 Å². The maximum absolute atomic E-state index is 3.46. The molecule has 0 spiro atoms. The minimum absolute atomic E-state index is 1.14. The molecule has 0 atom stereocenters. The Morgan fingerprint density at radius 1 is 0.432 bits per heavy atom. The van der Waals surface area contributed by atoms with Crippen LogP contribution >= 0.6 is 0 Å². The van der Waals surface area contributed by atoms with Gasteiger partial charge in [0.2, 0.25) is 0 Å². The molecular weight excluding hydrogens is 530 g/mol. The minimum atomic E-state index is 1.14. The average Bonchev–Trinajstić information content (AvgIpc) is 3.09. The van der Waals surface area contributed by atoms with Gasteiger partial charge in [-0.25, -0.2) is 0 Å². The van der Waals surface area contributed by atoms with E-state index >= 15 is 0 Å². The van der Waals surface area contributed by atoms with Crippen molar-refractivity contribution < 1.29 is 0 Å². The first-order valence-corrected chi connectivity index (χ1v) is 15.0. The Labute approximate surface area is 264 Å². The van der Waals surface area contributed by atoms with E-state index < -0.39 is 0 Å². The molecule has 6 aromatic rings. The van der Waals surface area contributed by atoms with Gasteiger partial charge in [0.15, 0.2) is 0 Å². The molecule has 0 N–H and O–H groups in total. The Balaban J connectivity index is 0.000000341. The normalized spacial score (nSPS) is 10.2. The molecule has 0 aliphatic heterocycles. The van der Waals surface area contributed by atoms with Gasteiger partial charge in [0.25, 0.3) is 0 Å². The van der Waals surface area contributed by atoms with Crippen molar-refractivity contribution >= 4 is 17.1 Å². The lowest BCUT2D eigenvalue weighted by molar-refractivity contribution is 1.27. The number of nitrogens with zero attached hydrogens (tertiary/aromatic N) is 1. The summed E-state index contributed by atoms with van der Waals surface area (Å²) in [4.78, 5) is 2.31. The third-order valence-corrected chi connectivity index (χ3v) is 7.03. The van der Waals surface area contributed by atoms with Gasteiger partial charge in [-0.3, -0.25) is 0 Å². The summed E-state index contributed by atoms with van der Waals surface area (Å²) in [5.41, 5.74) is 10.9. The van der Waals surface area contributed by atoms with Crippen molar-refractivity contribution in [1.82, 2.24) is 0 Å². The molecule has 218 valence electrons. The van der Waals surface area contributed by atoms with E-state index in [1.54, 1.807) is 6.08 Å². The van der Waals surface area contributed by atoms with Crippen LogP contribution in [-0.4, -0.2) is 0 Å². The number of aryl methyl sites for hydroxylation is 2. The Kier molecular flexibility index (Phi) is 12.1. The first-order chi connectivity index (χ1) is 21.6. The fourth-order valence-corrected chi connectivity index (χ4v) is 4.75. The molecule has 0 saturated carbocycles. The maximum Gasteiger partial charge on any atom is 0.0462 e. The molecule has 1 nitrogen and oxygen atoms in total. The van der Waals surface area contributed by atoms with E-state index in [9.17, 15) is 0 Å². The van der Waals surface area contributed by atoms with E-state index in [0.717, 1.165) is 17.1 Å². The Bertz CT molecular complexity index is 1630. The highest BCUT2D eigenvalue weighted by molar-refractivity contribution is 5.85. The van der Waals surface area contributed by atoms with Crippen molar-refractivity contribution in [2.24, 2.45) is 0 Å². The van der Waals surface area contributed by atoms with E-state index in [2.05, 4.69) is 153 Å². The van der Waals surface area contributed by atoms with Gasteiger partial charge in [-0.05, 0) is 79.4 Å². The summed E-state index contributed by atoms with van der Waals surface area (Å²) in [5, 5.41) is 0. The van der Waals surface area contributed by atoms with Gasteiger partial charge in [0.05, 0.1) is 0 Å². The SMILES string of the molecule is C=C/C=C\C.Cc1ccc(N(c2ccc(C)cc2)c2ccc(-c3ccccc3-c3ccccc3)cc2)cc1.c1ccccc1. The molecule has 0 fully saturated rings. The number of allylic oxidation sites excluding steroid dienone is 3. The zero-order valence-corrected chi connectivity index (χ0v) is 26.0. The van der Waals surface area contributed by atoms with Gasteiger partial charge >= 0.3 is 0 Å². The molecule has 0 saturated heterocycles. The van der Waals surface area contributed by atoms with Crippen LogP contribution in [0.25, 0.3) is 22.3 Å². The molecule has 0 radical (unpaired) electrons. The van der Waals surface area contributed by atoms with Gasteiger partial charge in [0.1, 0.15) is 0 Å². The quantitative estimate of drug-likeness (QED) is 0.180. The minimum Gasteiger partial charge on any atom is -0.311 e. The van der Waals surface area contributed by atoms with Crippen LogP contribution in [-0.2, 0) is 0 Å². The van der Waals surface area contributed by atoms with Crippen LogP contribution in [0.4, 0.5) is 17.1 Å². The van der Waals surface area contributed by atoms with E-state index in [-0.39, 0.29) is 0 Å². The average molecular weight is 572 g/mol. The Morgan fingerprint density at radius 2 is 0.773 bits per heavy atom. The standard InChI is InChI=1S/C32H27N.C6H6.C5H8/c1-24-12-18-28(19-13-24)33(29-20-14-25(2)15-21-29)30-22-16-27(17-23-30)32-11-7-6-10-31(32)26-8-4-3-5-9-26;1-2-4-6-5-3-1;1-3-5-4-2/h3-23H,1-2H3;1-6H;3-5H,1H2,2H3/b;;5-4-. The summed E-state index contributed by atoms with van der Waals surface area (Å²) in [6, 6.07) is 57.5. The predicted octanol–water partition coefficient (Wildman–Crippen LogP) is 12.5. The Morgan fingerprint density at radius 3 is 1.14 bits per heavy atom. The lowest BCUT2D eigenvalue weighted by atomic mass is 9.94. The van der Waals surface area contributed by atoms with Gasteiger partial charge in [0, 0.05) is 17.1 Å². The van der Waals surface area contributed by atoms with Crippen molar-refractivity contribution in [3.05, 3.63) is 200 Å². The molecule has 0 aromatic heterocycles. The van der Waals surface area contributed by atoms with Crippen LogP contribution in [0.3, 0.4) is 0 Å². The summed E-state index contributed by atoms with van der Waals surface area (Å²) < 4.78 is 0. The van der Waals surface area contributed by atoms with Crippen LogP contribution in [0.5, 0.6) is 0 Å². The molecule has 0 amide bonds. The van der Waals surface area contributed by atoms with E-state index in [1.807, 2.05) is 55.5 Å². The number of anilines is 3. The molecule has 0 unspecified atom stereocenters. The predicted molar refractivity (Wildman–Crippen MR) is 193 cm³/mol. The molecular formula is C43H41N. The third-order valence-electron chi connectivity index (χ3n) is 7.03. The summed E-state index contributed by atoms with van der Waals surface area (Å²) >= 11 is 0. The van der Waals surface area contributed by atoms with Gasteiger partial charge < -0.3 is 4.90 Å². The van der Waals surface area contributed by atoms with Crippen LogP contribution in [0.2, 0.25) is 0 Å². The fourth-order valence-electron chi connectivity index (χ4n) is 4.75. The summed E-state index contributed by atoms with van der Waals surface area (Å²) in [6.07, 6.45) is 5.58. The van der Waals surface area contributed by atoms with Crippen molar-refractivity contribution in [3.63, 3.8) is 0 Å². The first kappa shape index (κ1) is 31.5. The number of benzene rings is 6. The number of hydrogen-bond donors (Lipinski definition) is 0. The molecule has 1 heteroatoms. The molecule has 44 heavy (non-hydrogen) atoms. The lowest BCUT2D eigenvalue weighted by Crippen LogP contribution is -2.09. The molecule has 6 aromatic carbocycles. The number of hydrogen-bond acceptors (Lipinski definition) is 1. The highest BCUT2D eigenvalue weighted by Crippen LogP contribution is 2.37. The Hall–Kier alpha value is -5.40. The number of rotatable bonds is 6. The molecule has 6 rings (SSSR count). The van der Waals surface area contributed by atoms with Crippen molar-refractivity contribution in [3.8, 4) is 22.3 Å². The van der Waals surface area contributed by atoms with Gasteiger partial charge in [-0.15, -0.1) is 0 Å². The highest BCUT2D eigenvalue weighted by Gasteiger charge is 2.13. The molecule has 0 bridgehead atoms. The van der Waals surface area contributed by atoms with Crippen LogP contribution in [0.15, 0.2) is 189 Å². The summed E-state index contributed by atoms with van der Waals surface area (Å²) in [5.74, 6) is 0. The van der Waals surface area contributed by atoms with Crippen LogP contribution in [0, 0.1) is 13.8 Å². The topological polar surface area (TPSA) is 3.24 Å². The second-order valence-corrected chi connectivity index (χ2v) is 10.4. The smallest absolute Gasteiger partial charge is 0.0462 e. The molecule has 0 aliphatic rings. The second-order valence-electron chi connectivity index (χ2n) is 10.4. The third kappa shape index (κ3) is 9.05. The molecule has 0 heterocycles. The van der Waals surface area contributed by atoms with Gasteiger partial charge in [-0.2, -0.15) is 0 Å². The monoisotopic (exact) mass is 571 g/mol. The van der Waals surface area contributed by atoms with E-state index in [0.29, 0.717) is 0 Å². The van der Waals surface area contributed by atoms with Gasteiger partial charge in [-0.1, -0.05) is 163 Å². The highest BCUT2D eigenvalue weighted by atomic mass is 15.1. The van der Waals surface area contributed by atoms with Crippen molar-refractivity contribution in [2.45, 2.75) is 20.8 Å². The largest absolute Gasteiger partial charge is 0.311 e. The zero-order valence-electron chi connectivity index (χ0n) is 26.0. The zero-order chi connectivity index (χ0) is 31.0. The van der Waals surface area contributed by atoms with Crippen molar-refractivity contribution in [2.75, 3.05) is 4.90 Å². The summed E-state index contributed by atoms with van der Waals surface area (Å²) in [6.45, 7) is 9.67. The first-order valence-electron chi connectivity index (χ1n) is 15.0.